The Labute approximate surface area is 61.4 Å². The Morgan fingerprint density at radius 2 is 1.60 bits per heavy atom. The van der Waals surface area contributed by atoms with Gasteiger partial charge in [0.1, 0.15) is 0 Å². The Morgan fingerprint density at radius 3 is 1.70 bits per heavy atom. The molecule has 1 rings (SSSR count). The van der Waals surface area contributed by atoms with E-state index in [0.717, 1.165) is 0 Å². The highest BCUT2D eigenvalue weighted by Gasteiger charge is 1.93. The van der Waals surface area contributed by atoms with Gasteiger partial charge in [0.15, 0.2) is 0 Å². The van der Waals surface area contributed by atoms with E-state index in [1.807, 2.05) is 0 Å². The summed E-state index contributed by atoms with van der Waals surface area (Å²) >= 11 is 0. The minimum absolute atomic E-state index is 0.715. The smallest absolute Gasteiger partial charge is 0.261 e. The molecule has 1 saturated heterocycles. The molecule has 0 atom stereocenters. The monoisotopic (exact) mass is 167 g/mol. The summed E-state index contributed by atoms with van der Waals surface area (Å²) in [4.78, 5) is 0. The Balaban J connectivity index is 0.000000162. The lowest BCUT2D eigenvalue weighted by Crippen LogP contribution is -2.03. The first-order chi connectivity index (χ1) is 4.50. The highest BCUT2D eigenvalue weighted by Crippen LogP contribution is 1.90. The summed E-state index contributed by atoms with van der Waals surface area (Å²) in [6.45, 7) is 2.50. The van der Waals surface area contributed by atoms with Crippen LogP contribution in [0.2, 0.25) is 0 Å². The Bertz CT molecular complexity index is 144. The highest BCUT2D eigenvalue weighted by molar-refractivity contribution is 7.85. The van der Waals surface area contributed by atoms with Gasteiger partial charge in [0.2, 0.25) is 0 Å². The molecule has 4 nitrogen and oxygen atoms in total. The van der Waals surface area contributed by atoms with Gasteiger partial charge in [-0.25, -0.2) is 0 Å². The molecule has 0 bridgehead atoms. The largest absolute Gasteiger partial charge is 0.317 e. The lowest BCUT2D eigenvalue weighted by Gasteiger charge is -1.76. The first-order valence-corrected chi connectivity index (χ1v) is 4.98. The maximum atomic E-state index is 9.19. The maximum absolute atomic E-state index is 9.19. The molecule has 0 aromatic heterocycles. The van der Waals surface area contributed by atoms with Crippen molar-refractivity contribution in [1.29, 1.82) is 0 Å². The van der Waals surface area contributed by atoms with Crippen LogP contribution in [0.5, 0.6) is 0 Å². The molecular weight excluding hydrogens is 154 g/mol. The van der Waals surface area contributed by atoms with E-state index < -0.39 is 10.1 Å². The van der Waals surface area contributed by atoms with Crippen molar-refractivity contribution in [3.63, 3.8) is 0 Å². The van der Waals surface area contributed by atoms with Crippen LogP contribution in [0, 0.1) is 0 Å². The number of nitrogens with one attached hydrogen (secondary N) is 1. The van der Waals surface area contributed by atoms with Crippen LogP contribution >= 0.6 is 0 Å². The zero-order valence-electron chi connectivity index (χ0n) is 6.00. The standard InChI is InChI=1S/C4H9N.CH4O3S/c1-2-4-5-3-1;1-5(2,3)4/h5H,1-4H2;1H3,(H,2,3,4). The van der Waals surface area contributed by atoms with E-state index in [1.165, 1.54) is 25.9 Å². The fraction of sp³-hybridized carbons (Fsp3) is 1.00. The summed E-state index contributed by atoms with van der Waals surface area (Å²) in [5.74, 6) is 0. The van der Waals surface area contributed by atoms with Crippen molar-refractivity contribution < 1.29 is 13.0 Å². The average molecular weight is 167 g/mol. The quantitative estimate of drug-likeness (QED) is 0.493. The fourth-order valence-corrected chi connectivity index (χ4v) is 0.625. The van der Waals surface area contributed by atoms with Gasteiger partial charge in [-0.1, -0.05) is 0 Å². The average Bonchev–Trinajstić information content (AvgIpc) is 2.07. The molecule has 0 spiro atoms. The third kappa shape index (κ3) is 15.7. The fourth-order valence-electron chi connectivity index (χ4n) is 0.625. The Kier molecular flexibility index (Phi) is 4.59. The summed E-state index contributed by atoms with van der Waals surface area (Å²) in [5.41, 5.74) is 0. The van der Waals surface area contributed by atoms with Crippen LogP contribution in [0.3, 0.4) is 0 Å². The van der Waals surface area contributed by atoms with Gasteiger partial charge in [-0.15, -0.1) is 0 Å². The van der Waals surface area contributed by atoms with E-state index in [2.05, 4.69) is 5.32 Å². The predicted molar refractivity (Wildman–Crippen MR) is 39.6 cm³/mol. The molecule has 1 aliphatic heterocycles. The van der Waals surface area contributed by atoms with Gasteiger partial charge in [-0.2, -0.15) is 8.42 Å². The van der Waals surface area contributed by atoms with E-state index in [4.69, 9.17) is 4.55 Å². The molecular formula is C5H13NO3S. The maximum Gasteiger partial charge on any atom is 0.261 e. The summed E-state index contributed by atoms with van der Waals surface area (Å²) < 4.78 is 25.9. The second-order valence-corrected chi connectivity index (χ2v) is 3.66. The molecule has 1 aliphatic rings. The van der Waals surface area contributed by atoms with Crippen molar-refractivity contribution in [3.8, 4) is 0 Å². The van der Waals surface area contributed by atoms with E-state index in [1.54, 1.807) is 0 Å². The van der Waals surface area contributed by atoms with Crippen molar-refractivity contribution in [2.45, 2.75) is 12.8 Å². The van der Waals surface area contributed by atoms with Gasteiger partial charge in [-0.05, 0) is 25.9 Å². The van der Waals surface area contributed by atoms with Crippen LogP contribution < -0.4 is 5.32 Å². The molecule has 10 heavy (non-hydrogen) atoms. The first-order valence-electron chi connectivity index (χ1n) is 3.13. The third-order valence-corrected chi connectivity index (χ3v) is 0.957. The molecule has 0 unspecified atom stereocenters. The predicted octanol–water partition coefficient (Wildman–Crippen LogP) is -0.126. The second kappa shape index (κ2) is 4.65. The summed E-state index contributed by atoms with van der Waals surface area (Å²) in [6, 6.07) is 0. The molecule has 1 fully saturated rings. The highest BCUT2D eigenvalue weighted by atomic mass is 32.2. The summed E-state index contributed by atoms with van der Waals surface area (Å²) in [7, 11) is -3.67. The number of rotatable bonds is 0. The molecule has 62 valence electrons. The van der Waals surface area contributed by atoms with Gasteiger partial charge in [-0.3, -0.25) is 4.55 Å². The SMILES string of the molecule is C1CCNC1.CS(=O)(=O)O. The molecule has 1 heterocycles. The van der Waals surface area contributed by atoms with E-state index in [-0.39, 0.29) is 0 Å². The van der Waals surface area contributed by atoms with E-state index in [0.29, 0.717) is 6.26 Å². The zero-order chi connectivity index (χ0) is 8.04. The number of hydrogen-bond donors (Lipinski definition) is 2. The van der Waals surface area contributed by atoms with Crippen LogP contribution in [0.25, 0.3) is 0 Å². The zero-order valence-corrected chi connectivity index (χ0v) is 6.82. The summed E-state index contributed by atoms with van der Waals surface area (Å²) in [5, 5.41) is 3.22. The topological polar surface area (TPSA) is 66.4 Å². The van der Waals surface area contributed by atoms with Crippen LogP contribution in [0.4, 0.5) is 0 Å². The lowest BCUT2D eigenvalue weighted by atomic mass is 10.4. The normalized spacial score (nSPS) is 17.8. The number of hydrogen-bond acceptors (Lipinski definition) is 3. The Hall–Kier alpha value is -0.130. The first kappa shape index (κ1) is 9.87. The van der Waals surface area contributed by atoms with Gasteiger partial charge in [0, 0.05) is 0 Å². The van der Waals surface area contributed by atoms with Crippen LogP contribution in [-0.4, -0.2) is 32.3 Å². The molecule has 0 aromatic carbocycles. The van der Waals surface area contributed by atoms with Crippen molar-refractivity contribution in [2.24, 2.45) is 0 Å². The summed E-state index contributed by atoms with van der Waals surface area (Å²) in [6.07, 6.45) is 3.49. The Morgan fingerprint density at radius 1 is 1.30 bits per heavy atom. The van der Waals surface area contributed by atoms with Crippen molar-refractivity contribution in [2.75, 3.05) is 19.3 Å². The van der Waals surface area contributed by atoms with E-state index >= 15 is 0 Å². The minimum Gasteiger partial charge on any atom is -0.317 e. The van der Waals surface area contributed by atoms with Crippen molar-refractivity contribution in [1.82, 2.24) is 5.32 Å². The van der Waals surface area contributed by atoms with Gasteiger partial charge < -0.3 is 5.32 Å². The molecule has 0 radical (unpaired) electrons. The van der Waals surface area contributed by atoms with Gasteiger partial charge in [0.25, 0.3) is 10.1 Å². The van der Waals surface area contributed by atoms with Crippen LogP contribution in [0.1, 0.15) is 12.8 Å². The molecule has 5 heteroatoms. The molecule has 0 aromatic rings. The van der Waals surface area contributed by atoms with Crippen LogP contribution in [0.15, 0.2) is 0 Å². The molecule has 0 aliphatic carbocycles. The minimum atomic E-state index is -3.67. The van der Waals surface area contributed by atoms with Crippen molar-refractivity contribution in [3.05, 3.63) is 0 Å². The molecule has 0 amide bonds. The third-order valence-electron chi connectivity index (χ3n) is 0.957. The molecule has 2 N–H and O–H groups in total. The van der Waals surface area contributed by atoms with Crippen LogP contribution in [-0.2, 0) is 10.1 Å². The second-order valence-electron chi connectivity index (χ2n) is 2.19. The van der Waals surface area contributed by atoms with Gasteiger partial charge >= 0.3 is 0 Å². The van der Waals surface area contributed by atoms with E-state index in [9.17, 15) is 8.42 Å². The lowest BCUT2D eigenvalue weighted by molar-refractivity contribution is 0.490. The van der Waals surface area contributed by atoms with Gasteiger partial charge in [0.05, 0.1) is 6.26 Å². The van der Waals surface area contributed by atoms with Crippen molar-refractivity contribution >= 4 is 10.1 Å². The molecule has 0 saturated carbocycles.